The van der Waals surface area contributed by atoms with Crippen LogP contribution in [0.4, 0.5) is 4.79 Å². The second-order valence-electron chi connectivity index (χ2n) is 7.08. The van der Waals surface area contributed by atoms with Crippen LogP contribution in [0.25, 0.3) is 0 Å². The number of aliphatic imine (C=N–C) groups is 1. The van der Waals surface area contributed by atoms with Crippen LogP contribution in [0.2, 0.25) is 0 Å². The average molecular weight is 338 g/mol. The van der Waals surface area contributed by atoms with Crippen molar-refractivity contribution in [1.29, 1.82) is 0 Å². The van der Waals surface area contributed by atoms with Crippen LogP contribution >= 0.6 is 0 Å². The highest BCUT2D eigenvalue weighted by atomic mass is 16.6. The molecule has 0 heterocycles. The Balaban J connectivity index is 4.67. The minimum absolute atomic E-state index is 0.0258. The number of amides is 1. The third-order valence-electron chi connectivity index (χ3n) is 3.30. The fourth-order valence-electron chi connectivity index (χ4n) is 2.06. The molecule has 0 spiro atoms. The van der Waals surface area contributed by atoms with Crippen LogP contribution in [0.15, 0.2) is 4.99 Å². The van der Waals surface area contributed by atoms with E-state index in [1.54, 1.807) is 0 Å². The van der Waals surface area contributed by atoms with Crippen LogP contribution in [0.1, 0.15) is 48.0 Å². The van der Waals surface area contributed by atoms with Gasteiger partial charge in [-0.1, -0.05) is 19.8 Å². The molecule has 6 nitrogen and oxygen atoms in total. The predicted octanol–water partition coefficient (Wildman–Crippen LogP) is 2.46. The summed E-state index contributed by atoms with van der Waals surface area (Å²) in [6.45, 7) is 13.6. The molecular weight excluding hydrogens is 304 g/mol. The molecule has 0 aliphatic carbocycles. The van der Waals surface area contributed by atoms with Gasteiger partial charge in [0, 0.05) is 26.2 Å². The summed E-state index contributed by atoms with van der Waals surface area (Å²) >= 11 is 0. The first-order chi connectivity index (χ1) is 11.1. The maximum absolute atomic E-state index is 12.0. The van der Waals surface area contributed by atoms with E-state index in [1.165, 1.54) is 0 Å². The molecule has 0 aliphatic rings. The van der Waals surface area contributed by atoms with Gasteiger partial charge in [-0.15, -0.1) is 6.42 Å². The van der Waals surface area contributed by atoms with Gasteiger partial charge in [0.2, 0.25) is 0 Å². The Hall–Kier alpha value is -1.90. The molecule has 138 valence electrons. The Bertz CT molecular complexity index is 447. The molecule has 1 atom stereocenters. The second kappa shape index (κ2) is 10.8. The van der Waals surface area contributed by atoms with Gasteiger partial charge < -0.3 is 20.3 Å². The van der Waals surface area contributed by atoms with Crippen LogP contribution in [0, 0.1) is 18.3 Å². The molecule has 0 saturated heterocycles. The first kappa shape index (κ1) is 22.1. The Morgan fingerprint density at radius 1 is 1.38 bits per heavy atom. The largest absolute Gasteiger partial charge is 0.444 e. The van der Waals surface area contributed by atoms with E-state index in [2.05, 4.69) is 35.4 Å². The van der Waals surface area contributed by atoms with Gasteiger partial charge in [0.25, 0.3) is 0 Å². The third-order valence-corrected chi connectivity index (χ3v) is 3.30. The molecule has 1 amide bonds. The summed E-state index contributed by atoms with van der Waals surface area (Å²) in [6, 6.07) is 0.0258. The summed E-state index contributed by atoms with van der Waals surface area (Å²) in [5.74, 6) is 3.59. The van der Waals surface area contributed by atoms with E-state index >= 15 is 0 Å². The minimum Gasteiger partial charge on any atom is -0.444 e. The van der Waals surface area contributed by atoms with Gasteiger partial charge in [0.15, 0.2) is 5.96 Å². The van der Waals surface area contributed by atoms with Gasteiger partial charge in [-0.25, -0.2) is 9.79 Å². The summed E-state index contributed by atoms with van der Waals surface area (Å²) in [4.78, 5) is 18.4. The standard InChI is InChI=1S/C18H34N4O2/c1-9-12-20-16(19-10-2)22(8)13-11-15(14(3)4)21-17(23)24-18(5,6)7/h1,14-15H,10-13H2,2-8H3,(H,19,20)(H,21,23). The van der Waals surface area contributed by atoms with E-state index < -0.39 is 5.60 Å². The quantitative estimate of drug-likeness (QED) is 0.425. The number of nitrogens with zero attached hydrogens (tertiary/aromatic N) is 2. The van der Waals surface area contributed by atoms with E-state index in [4.69, 9.17) is 11.2 Å². The number of terminal acetylenes is 1. The molecule has 0 aromatic carbocycles. The Morgan fingerprint density at radius 3 is 2.46 bits per heavy atom. The van der Waals surface area contributed by atoms with Crippen molar-refractivity contribution in [3.63, 3.8) is 0 Å². The van der Waals surface area contributed by atoms with E-state index in [-0.39, 0.29) is 12.1 Å². The van der Waals surface area contributed by atoms with Gasteiger partial charge in [-0.05, 0) is 40.0 Å². The molecular formula is C18H34N4O2. The fourth-order valence-corrected chi connectivity index (χ4v) is 2.06. The van der Waals surface area contributed by atoms with Crippen molar-refractivity contribution in [2.24, 2.45) is 10.9 Å². The van der Waals surface area contributed by atoms with E-state index in [0.717, 1.165) is 25.5 Å². The summed E-state index contributed by atoms with van der Waals surface area (Å²) < 4.78 is 5.34. The van der Waals surface area contributed by atoms with Gasteiger partial charge >= 0.3 is 6.09 Å². The zero-order valence-corrected chi connectivity index (χ0v) is 16.3. The van der Waals surface area contributed by atoms with Crippen LogP contribution < -0.4 is 10.6 Å². The van der Waals surface area contributed by atoms with Crippen LogP contribution in [0.3, 0.4) is 0 Å². The summed E-state index contributed by atoms with van der Waals surface area (Å²) in [6.07, 6.45) is 5.68. The third kappa shape index (κ3) is 9.98. The number of hydrogen-bond acceptors (Lipinski definition) is 3. The molecule has 0 aliphatic heterocycles. The van der Waals surface area contributed by atoms with Gasteiger partial charge in [0.1, 0.15) is 12.1 Å². The molecule has 0 radical (unpaired) electrons. The minimum atomic E-state index is -0.498. The molecule has 0 aromatic rings. The molecule has 0 fully saturated rings. The summed E-state index contributed by atoms with van der Waals surface area (Å²) in [5, 5.41) is 6.17. The first-order valence-corrected chi connectivity index (χ1v) is 8.53. The molecule has 2 N–H and O–H groups in total. The zero-order chi connectivity index (χ0) is 18.8. The lowest BCUT2D eigenvalue weighted by Crippen LogP contribution is -2.45. The lowest BCUT2D eigenvalue weighted by molar-refractivity contribution is 0.0486. The van der Waals surface area contributed by atoms with E-state index in [1.807, 2.05) is 39.6 Å². The van der Waals surface area contributed by atoms with Gasteiger partial charge in [-0.2, -0.15) is 0 Å². The van der Waals surface area contributed by atoms with Gasteiger partial charge in [-0.3, -0.25) is 0 Å². The summed E-state index contributed by atoms with van der Waals surface area (Å²) in [7, 11) is 1.96. The van der Waals surface area contributed by atoms with Crippen LogP contribution in [-0.2, 0) is 4.74 Å². The number of alkyl carbamates (subject to hydrolysis) is 1. The number of carbonyl (C=O) groups is 1. The zero-order valence-electron chi connectivity index (χ0n) is 16.3. The van der Waals surface area contributed by atoms with Crippen LogP contribution in [0.5, 0.6) is 0 Å². The fraction of sp³-hybridized carbons (Fsp3) is 0.778. The number of rotatable bonds is 7. The second-order valence-corrected chi connectivity index (χ2v) is 7.08. The number of hydrogen-bond donors (Lipinski definition) is 2. The monoisotopic (exact) mass is 338 g/mol. The Kier molecular flexibility index (Phi) is 9.94. The van der Waals surface area contributed by atoms with Crippen molar-refractivity contribution in [2.45, 2.75) is 59.6 Å². The van der Waals surface area contributed by atoms with Gasteiger partial charge in [0.05, 0.1) is 0 Å². The van der Waals surface area contributed by atoms with Crippen molar-refractivity contribution >= 4 is 12.1 Å². The number of carbonyl (C=O) groups excluding carboxylic acids is 1. The van der Waals surface area contributed by atoms with Crippen molar-refractivity contribution in [2.75, 3.05) is 26.7 Å². The molecule has 24 heavy (non-hydrogen) atoms. The highest BCUT2D eigenvalue weighted by molar-refractivity contribution is 5.79. The van der Waals surface area contributed by atoms with Crippen molar-refractivity contribution in [3.05, 3.63) is 0 Å². The van der Waals surface area contributed by atoms with E-state index in [9.17, 15) is 4.79 Å². The SMILES string of the molecule is C#CCN=C(NCC)N(C)CCC(NC(=O)OC(C)(C)C)C(C)C. The first-order valence-electron chi connectivity index (χ1n) is 8.53. The normalized spacial score (nSPS) is 13.2. The maximum Gasteiger partial charge on any atom is 0.407 e. The molecule has 1 unspecified atom stereocenters. The van der Waals surface area contributed by atoms with Crippen molar-refractivity contribution in [1.82, 2.24) is 15.5 Å². The van der Waals surface area contributed by atoms with Crippen LogP contribution in [-0.4, -0.2) is 55.3 Å². The number of guanidine groups is 1. The lowest BCUT2D eigenvalue weighted by atomic mass is 10.0. The Morgan fingerprint density at radius 2 is 2.00 bits per heavy atom. The molecule has 0 aromatic heterocycles. The highest BCUT2D eigenvalue weighted by Crippen LogP contribution is 2.11. The molecule has 0 rings (SSSR count). The van der Waals surface area contributed by atoms with E-state index in [0.29, 0.717) is 12.5 Å². The smallest absolute Gasteiger partial charge is 0.407 e. The number of ether oxygens (including phenoxy) is 1. The molecule has 0 bridgehead atoms. The predicted molar refractivity (Wildman–Crippen MR) is 100 cm³/mol. The van der Waals surface area contributed by atoms with Crippen molar-refractivity contribution < 1.29 is 9.53 Å². The number of nitrogens with one attached hydrogen (secondary N) is 2. The lowest BCUT2D eigenvalue weighted by Gasteiger charge is -2.28. The molecule has 6 heteroatoms. The summed E-state index contributed by atoms with van der Waals surface area (Å²) in [5.41, 5.74) is -0.498. The topological polar surface area (TPSA) is 66.0 Å². The average Bonchev–Trinajstić information content (AvgIpc) is 2.45. The highest BCUT2D eigenvalue weighted by Gasteiger charge is 2.22. The van der Waals surface area contributed by atoms with Crippen molar-refractivity contribution in [3.8, 4) is 12.3 Å². The Labute approximate surface area is 147 Å². The molecule has 0 saturated carbocycles. The maximum atomic E-state index is 12.0.